The summed E-state index contributed by atoms with van der Waals surface area (Å²) in [6, 6.07) is 7.43. The fourth-order valence-electron chi connectivity index (χ4n) is 3.27. The largest absolute Gasteiger partial charge is 0.508 e. The van der Waals surface area contributed by atoms with Gasteiger partial charge in [0.1, 0.15) is 28.8 Å². The smallest absolute Gasteiger partial charge is 0.182 e. The molecule has 0 unspecified atom stereocenters. The summed E-state index contributed by atoms with van der Waals surface area (Å²) in [6.45, 7) is 0. The van der Waals surface area contributed by atoms with Gasteiger partial charge in [-0.2, -0.15) is 0 Å². The fourth-order valence-corrected chi connectivity index (χ4v) is 3.27. The molecule has 0 aliphatic heterocycles. The van der Waals surface area contributed by atoms with Gasteiger partial charge in [0.25, 0.3) is 0 Å². The summed E-state index contributed by atoms with van der Waals surface area (Å²) in [5.74, 6) is 1.64. The number of carbonyl (C=O) groups excluding carboxylic acids is 1. The normalized spacial score (nSPS) is 11.6. The molecule has 0 fully saturated rings. The van der Waals surface area contributed by atoms with E-state index in [1.807, 2.05) is 62.3 Å². The van der Waals surface area contributed by atoms with Crippen LogP contribution in [0.5, 0.6) is 23.0 Å². The van der Waals surface area contributed by atoms with Crippen molar-refractivity contribution in [1.29, 1.82) is 0 Å². The second kappa shape index (κ2) is 12.4. The summed E-state index contributed by atoms with van der Waals surface area (Å²) in [5.41, 5.74) is 3.06. The van der Waals surface area contributed by atoms with Crippen LogP contribution < -0.4 is 28.7 Å². The number of aliphatic hydroxyl groups is 1. The maximum Gasteiger partial charge on any atom is 0.182 e. The third-order valence-electron chi connectivity index (χ3n) is 5.22. The van der Waals surface area contributed by atoms with Gasteiger partial charge in [0.2, 0.25) is 0 Å². The molecular weight excluding hydrogens is 448 g/mol. The Morgan fingerprint density at radius 2 is 1.03 bits per heavy atom. The topological polar surface area (TPSA) is 80.7 Å². The van der Waals surface area contributed by atoms with Crippen molar-refractivity contribution in [1.82, 2.24) is 0 Å². The van der Waals surface area contributed by atoms with Gasteiger partial charge in [-0.15, -0.1) is 0 Å². The zero-order chi connectivity index (χ0) is 26.1. The average molecular weight is 483 g/mol. The van der Waals surface area contributed by atoms with Crippen LogP contribution in [0, 0.1) is 0 Å². The van der Waals surface area contributed by atoms with E-state index in [0.29, 0.717) is 34.1 Å². The van der Waals surface area contributed by atoms with Gasteiger partial charge in [0, 0.05) is 69.9 Å². The molecule has 0 saturated heterocycles. The first-order chi connectivity index (χ1) is 16.6. The van der Waals surface area contributed by atoms with Crippen LogP contribution in [0.1, 0.15) is 11.1 Å². The molecule has 0 atom stereocenters. The number of allylic oxidation sites excluding steroid dienone is 3. The van der Waals surface area contributed by atoms with E-state index in [1.165, 1.54) is 12.2 Å². The van der Waals surface area contributed by atoms with Crippen molar-refractivity contribution < 1.29 is 28.8 Å². The Morgan fingerprint density at radius 1 is 0.686 bits per heavy atom. The van der Waals surface area contributed by atoms with Gasteiger partial charge >= 0.3 is 0 Å². The van der Waals surface area contributed by atoms with Crippen molar-refractivity contribution >= 4 is 29.3 Å². The van der Waals surface area contributed by atoms with Crippen LogP contribution in [0.4, 0.5) is 11.4 Å². The zero-order valence-electron chi connectivity index (χ0n) is 21.6. The number of hydrogen-bond donors (Lipinski definition) is 1. The van der Waals surface area contributed by atoms with Gasteiger partial charge in [-0.25, -0.2) is 0 Å². The van der Waals surface area contributed by atoms with Gasteiger partial charge in [-0.1, -0.05) is 0 Å². The maximum absolute atomic E-state index is 12.5. The second-order valence-corrected chi connectivity index (χ2v) is 7.96. The van der Waals surface area contributed by atoms with E-state index >= 15 is 0 Å². The highest BCUT2D eigenvalue weighted by atomic mass is 16.5. The quantitative estimate of drug-likeness (QED) is 0.283. The molecule has 0 amide bonds. The number of nitrogens with zero attached hydrogens (tertiary/aromatic N) is 2. The molecular formula is C27H34N2O6. The van der Waals surface area contributed by atoms with E-state index < -0.39 is 5.78 Å². The highest BCUT2D eigenvalue weighted by Crippen LogP contribution is 2.36. The van der Waals surface area contributed by atoms with Crippen LogP contribution in [0.25, 0.3) is 12.2 Å². The highest BCUT2D eigenvalue weighted by molar-refractivity contribution is 6.03. The minimum Gasteiger partial charge on any atom is -0.508 e. The summed E-state index contributed by atoms with van der Waals surface area (Å²) >= 11 is 0. The molecule has 0 radical (unpaired) electrons. The molecule has 0 spiro atoms. The number of anilines is 2. The van der Waals surface area contributed by atoms with Crippen molar-refractivity contribution in [2.45, 2.75) is 0 Å². The van der Waals surface area contributed by atoms with Crippen molar-refractivity contribution in [3.8, 4) is 23.0 Å². The predicted octanol–water partition coefficient (Wildman–Crippen LogP) is 4.59. The van der Waals surface area contributed by atoms with Crippen molar-refractivity contribution in [2.24, 2.45) is 0 Å². The van der Waals surface area contributed by atoms with E-state index in [0.717, 1.165) is 17.5 Å². The van der Waals surface area contributed by atoms with Crippen molar-refractivity contribution in [3.05, 3.63) is 59.4 Å². The highest BCUT2D eigenvalue weighted by Gasteiger charge is 2.13. The number of aliphatic hydroxyl groups excluding tert-OH is 1. The molecule has 8 nitrogen and oxygen atoms in total. The maximum atomic E-state index is 12.5. The summed E-state index contributed by atoms with van der Waals surface area (Å²) in [4.78, 5) is 16.3. The Kier molecular flexibility index (Phi) is 9.64. The van der Waals surface area contributed by atoms with Crippen LogP contribution in [0.3, 0.4) is 0 Å². The number of benzene rings is 2. The summed E-state index contributed by atoms with van der Waals surface area (Å²) in [7, 11) is 13.9. The van der Waals surface area contributed by atoms with Gasteiger partial charge < -0.3 is 33.9 Å². The number of ether oxygens (including phenoxy) is 4. The van der Waals surface area contributed by atoms with Crippen molar-refractivity contribution in [2.75, 3.05) is 66.4 Å². The zero-order valence-corrected chi connectivity index (χ0v) is 21.6. The number of rotatable bonds is 11. The summed E-state index contributed by atoms with van der Waals surface area (Å²) in [5, 5.41) is 10.3. The van der Waals surface area contributed by atoms with Gasteiger partial charge in [0.15, 0.2) is 5.78 Å². The average Bonchev–Trinajstić information content (AvgIpc) is 2.84. The molecule has 0 saturated carbocycles. The standard InChI is InChI=1S/C27H34N2O6/c1-28(2)18-13-24(32-5)22(25(14-18)33-6)11-9-20(30)17-21(31)10-12-23-26(34-7)15-19(29(3)4)16-27(23)35-8/h9-17,30H,1-8H3/b11-9+,12-10+,20-17-. The second-order valence-electron chi connectivity index (χ2n) is 7.96. The summed E-state index contributed by atoms with van der Waals surface area (Å²) < 4.78 is 21.9. The van der Waals surface area contributed by atoms with E-state index in [4.69, 9.17) is 18.9 Å². The Morgan fingerprint density at radius 3 is 1.34 bits per heavy atom. The Hall–Kier alpha value is -4.07. The molecule has 2 aromatic carbocycles. The molecule has 8 heteroatoms. The lowest BCUT2D eigenvalue weighted by Gasteiger charge is -2.17. The van der Waals surface area contributed by atoms with Crippen LogP contribution >= 0.6 is 0 Å². The van der Waals surface area contributed by atoms with Crippen LogP contribution in [0.15, 0.2) is 48.3 Å². The monoisotopic (exact) mass is 482 g/mol. The molecule has 188 valence electrons. The van der Waals surface area contributed by atoms with Gasteiger partial charge in [-0.05, 0) is 24.3 Å². The third kappa shape index (κ3) is 6.96. The van der Waals surface area contributed by atoms with Crippen LogP contribution in [-0.4, -0.2) is 67.5 Å². The minimum atomic E-state index is -0.408. The molecule has 0 bridgehead atoms. The van der Waals surface area contributed by atoms with E-state index in [1.54, 1.807) is 40.6 Å². The van der Waals surface area contributed by atoms with Gasteiger partial charge in [0.05, 0.1) is 39.6 Å². The Balaban J connectivity index is 2.30. The Labute approximate surface area is 207 Å². The fraction of sp³-hybridized carbons (Fsp3) is 0.296. The van der Waals surface area contributed by atoms with Gasteiger partial charge in [-0.3, -0.25) is 4.79 Å². The molecule has 0 aliphatic rings. The molecule has 0 aromatic heterocycles. The Bertz CT molecular complexity index is 1080. The molecule has 2 aromatic rings. The third-order valence-corrected chi connectivity index (χ3v) is 5.22. The van der Waals surface area contributed by atoms with E-state index in [9.17, 15) is 9.90 Å². The molecule has 35 heavy (non-hydrogen) atoms. The number of ketones is 1. The predicted molar refractivity (Wildman–Crippen MR) is 142 cm³/mol. The number of hydrogen-bond acceptors (Lipinski definition) is 8. The molecule has 0 aliphatic carbocycles. The lowest BCUT2D eigenvalue weighted by atomic mass is 10.1. The van der Waals surface area contributed by atoms with Crippen LogP contribution in [0.2, 0.25) is 0 Å². The minimum absolute atomic E-state index is 0.220. The lowest BCUT2D eigenvalue weighted by Crippen LogP contribution is -2.09. The van der Waals surface area contributed by atoms with Crippen LogP contribution in [-0.2, 0) is 4.79 Å². The number of methoxy groups -OCH3 is 4. The van der Waals surface area contributed by atoms with E-state index in [-0.39, 0.29) is 5.76 Å². The SMILES string of the molecule is COc1cc(N(C)C)cc(OC)c1/C=C/C(=O)/C=C(O)/C=C/c1c(OC)cc(N(C)C)cc1OC. The molecule has 1 N–H and O–H groups in total. The lowest BCUT2D eigenvalue weighted by molar-refractivity contribution is -0.110. The first kappa shape index (κ1) is 27.2. The number of carbonyl (C=O) groups is 1. The summed E-state index contributed by atoms with van der Waals surface area (Å²) in [6.07, 6.45) is 7.10. The molecule has 2 rings (SSSR count). The molecule has 0 heterocycles. The van der Waals surface area contributed by atoms with E-state index in [2.05, 4.69) is 0 Å². The first-order valence-corrected chi connectivity index (χ1v) is 10.8. The first-order valence-electron chi connectivity index (χ1n) is 10.8. The van der Waals surface area contributed by atoms with Crippen molar-refractivity contribution in [3.63, 3.8) is 0 Å².